The summed E-state index contributed by atoms with van der Waals surface area (Å²) in [5.41, 5.74) is 5.96. The Labute approximate surface area is 113 Å². The first-order valence-corrected chi connectivity index (χ1v) is 7.70. The number of ether oxygens (including phenoxy) is 1. The van der Waals surface area contributed by atoms with Gasteiger partial charge in [0.15, 0.2) is 0 Å². The van der Waals surface area contributed by atoms with Crippen LogP contribution in [0.5, 0.6) is 0 Å². The molecule has 1 aliphatic carbocycles. The van der Waals surface area contributed by atoms with E-state index in [-0.39, 0.29) is 0 Å². The van der Waals surface area contributed by atoms with Crippen LogP contribution in [0.15, 0.2) is 0 Å². The van der Waals surface area contributed by atoms with Crippen molar-refractivity contribution in [3.05, 3.63) is 0 Å². The molecule has 0 aliphatic heterocycles. The van der Waals surface area contributed by atoms with Crippen molar-refractivity contribution in [2.75, 3.05) is 26.3 Å². The predicted octanol–water partition coefficient (Wildman–Crippen LogP) is 2.64. The van der Waals surface area contributed by atoms with Gasteiger partial charge in [0.05, 0.1) is 6.61 Å². The molecule has 0 heterocycles. The zero-order chi connectivity index (χ0) is 13.4. The summed E-state index contributed by atoms with van der Waals surface area (Å²) >= 11 is 0. The highest BCUT2D eigenvalue weighted by Gasteiger charge is 2.22. The summed E-state index contributed by atoms with van der Waals surface area (Å²) in [7, 11) is 0. The molecule has 3 nitrogen and oxygen atoms in total. The third-order valence-electron chi connectivity index (χ3n) is 4.03. The Bertz CT molecular complexity index is 201. The Morgan fingerprint density at radius 3 is 2.39 bits per heavy atom. The maximum atomic E-state index is 5.96. The first-order chi connectivity index (χ1) is 8.63. The molecule has 0 aromatic rings. The van der Waals surface area contributed by atoms with E-state index in [9.17, 15) is 0 Å². The third kappa shape index (κ3) is 6.17. The van der Waals surface area contributed by atoms with Gasteiger partial charge in [-0.2, -0.15) is 0 Å². The van der Waals surface area contributed by atoms with Gasteiger partial charge in [0.25, 0.3) is 0 Å². The number of nitrogens with two attached hydrogens (primary N) is 1. The lowest BCUT2D eigenvalue weighted by Crippen LogP contribution is -2.42. The van der Waals surface area contributed by atoms with Crippen molar-refractivity contribution in [2.45, 2.75) is 65.0 Å². The fourth-order valence-electron chi connectivity index (χ4n) is 2.67. The van der Waals surface area contributed by atoms with Crippen LogP contribution in [0.1, 0.15) is 52.9 Å². The lowest BCUT2D eigenvalue weighted by Gasteiger charge is -2.35. The summed E-state index contributed by atoms with van der Waals surface area (Å²) in [5, 5.41) is 0. The summed E-state index contributed by atoms with van der Waals surface area (Å²) in [4.78, 5) is 2.57. The molecular formula is C15H32N2O. The number of likely N-dealkylation sites (N-methyl/N-ethyl adjacent to an activating group) is 1. The smallest absolute Gasteiger partial charge is 0.0593 e. The zero-order valence-electron chi connectivity index (χ0n) is 12.5. The fourth-order valence-corrected chi connectivity index (χ4v) is 2.67. The lowest BCUT2D eigenvalue weighted by atomic mass is 9.91. The van der Waals surface area contributed by atoms with E-state index in [2.05, 4.69) is 25.7 Å². The number of nitrogens with zero attached hydrogens (tertiary/aromatic N) is 1. The van der Waals surface area contributed by atoms with Gasteiger partial charge in [0, 0.05) is 25.2 Å². The first-order valence-electron chi connectivity index (χ1n) is 7.70. The van der Waals surface area contributed by atoms with Gasteiger partial charge in [-0.25, -0.2) is 0 Å². The van der Waals surface area contributed by atoms with Gasteiger partial charge >= 0.3 is 0 Å². The molecule has 108 valence electrons. The van der Waals surface area contributed by atoms with Crippen molar-refractivity contribution in [1.29, 1.82) is 0 Å². The van der Waals surface area contributed by atoms with Crippen LogP contribution >= 0.6 is 0 Å². The van der Waals surface area contributed by atoms with Gasteiger partial charge in [-0.15, -0.1) is 0 Å². The Hall–Kier alpha value is -0.120. The Morgan fingerprint density at radius 2 is 1.83 bits per heavy atom. The molecule has 18 heavy (non-hydrogen) atoms. The highest BCUT2D eigenvalue weighted by atomic mass is 16.5. The van der Waals surface area contributed by atoms with Gasteiger partial charge in [0.1, 0.15) is 0 Å². The van der Waals surface area contributed by atoms with Crippen LogP contribution in [0.25, 0.3) is 0 Å². The van der Waals surface area contributed by atoms with E-state index in [0.29, 0.717) is 6.04 Å². The summed E-state index contributed by atoms with van der Waals surface area (Å²) in [5.74, 6) is 0.743. The molecule has 0 atom stereocenters. The quantitative estimate of drug-likeness (QED) is 0.679. The van der Waals surface area contributed by atoms with E-state index < -0.39 is 0 Å². The van der Waals surface area contributed by atoms with Crippen molar-refractivity contribution in [1.82, 2.24) is 4.90 Å². The normalized spacial score (nSPS) is 25.0. The molecule has 1 fully saturated rings. The van der Waals surface area contributed by atoms with Gasteiger partial charge in [-0.05, 0) is 44.6 Å². The topological polar surface area (TPSA) is 38.5 Å². The summed E-state index contributed by atoms with van der Waals surface area (Å²) in [6.45, 7) is 10.7. The minimum atomic E-state index is 0.447. The SMILES string of the molecule is CCN(CCOCCC(C)C)C1CCC(N)CC1. The van der Waals surface area contributed by atoms with Crippen LogP contribution < -0.4 is 5.73 Å². The molecule has 0 radical (unpaired) electrons. The van der Waals surface area contributed by atoms with E-state index in [1.807, 2.05) is 0 Å². The molecule has 1 aliphatic rings. The maximum Gasteiger partial charge on any atom is 0.0593 e. The minimum Gasteiger partial charge on any atom is -0.380 e. The Morgan fingerprint density at radius 1 is 1.17 bits per heavy atom. The molecule has 1 rings (SSSR count). The van der Waals surface area contributed by atoms with E-state index in [0.717, 1.165) is 38.3 Å². The molecular weight excluding hydrogens is 224 g/mol. The van der Waals surface area contributed by atoms with Gasteiger partial charge in [-0.1, -0.05) is 20.8 Å². The van der Waals surface area contributed by atoms with E-state index in [1.165, 1.54) is 32.1 Å². The van der Waals surface area contributed by atoms with Crippen LogP contribution in [0.4, 0.5) is 0 Å². The molecule has 0 unspecified atom stereocenters. The standard InChI is InChI=1S/C15H32N2O/c1-4-17(10-12-18-11-9-13(2)3)15-7-5-14(16)6-8-15/h13-15H,4-12,16H2,1-3H3. The van der Waals surface area contributed by atoms with Crippen molar-refractivity contribution in [2.24, 2.45) is 11.7 Å². The van der Waals surface area contributed by atoms with Crippen LogP contribution in [0, 0.1) is 5.92 Å². The first kappa shape index (κ1) is 15.9. The van der Waals surface area contributed by atoms with Crippen molar-refractivity contribution < 1.29 is 4.74 Å². The van der Waals surface area contributed by atoms with Crippen molar-refractivity contribution in [3.63, 3.8) is 0 Å². The molecule has 1 saturated carbocycles. The van der Waals surface area contributed by atoms with E-state index in [4.69, 9.17) is 10.5 Å². The van der Waals surface area contributed by atoms with Crippen LogP contribution in [-0.2, 0) is 4.74 Å². The monoisotopic (exact) mass is 256 g/mol. The minimum absolute atomic E-state index is 0.447. The molecule has 0 saturated heterocycles. The van der Waals surface area contributed by atoms with Gasteiger partial charge in [-0.3, -0.25) is 4.90 Å². The summed E-state index contributed by atoms with van der Waals surface area (Å²) < 4.78 is 5.72. The second-order valence-electron chi connectivity index (χ2n) is 5.99. The van der Waals surface area contributed by atoms with Gasteiger partial charge in [0.2, 0.25) is 0 Å². The summed E-state index contributed by atoms with van der Waals surface area (Å²) in [6, 6.07) is 1.19. The summed E-state index contributed by atoms with van der Waals surface area (Å²) in [6.07, 6.45) is 6.08. The number of hydrogen-bond acceptors (Lipinski definition) is 3. The van der Waals surface area contributed by atoms with Crippen LogP contribution in [0.2, 0.25) is 0 Å². The van der Waals surface area contributed by atoms with Crippen LogP contribution in [-0.4, -0.2) is 43.3 Å². The zero-order valence-corrected chi connectivity index (χ0v) is 12.5. The predicted molar refractivity (Wildman–Crippen MR) is 77.8 cm³/mol. The highest BCUT2D eigenvalue weighted by Crippen LogP contribution is 2.21. The molecule has 0 spiro atoms. The molecule has 2 N–H and O–H groups in total. The number of rotatable bonds is 8. The number of hydrogen-bond donors (Lipinski definition) is 1. The molecule has 0 aromatic carbocycles. The average Bonchev–Trinajstić information content (AvgIpc) is 2.35. The second-order valence-corrected chi connectivity index (χ2v) is 5.99. The van der Waals surface area contributed by atoms with Crippen LogP contribution in [0.3, 0.4) is 0 Å². The molecule has 0 aromatic heterocycles. The maximum absolute atomic E-state index is 5.96. The van der Waals surface area contributed by atoms with E-state index >= 15 is 0 Å². The molecule has 0 bridgehead atoms. The van der Waals surface area contributed by atoms with Crippen molar-refractivity contribution >= 4 is 0 Å². The van der Waals surface area contributed by atoms with E-state index in [1.54, 1.807) is 0 Å². The third-order valence-corrected chi connectivity index (χ3v) is 4.03. The fraction of sp³-hybridized carbons (Fsp3) is 1.00. The largest absolute Gasteiger partial charge is 0.380 e. The Balaban J connectivity index is 2.13. The molecule has 0 amide bonds. The second kappa shape index (κ2) is 8.89. The van der Waals surface area contributed by atoms with Gasteiger partial charge < -0.3 is 10.5 Å². The highest BCUT2D eigenvalue weighted by molar-refractivity contribution is 4.80. The Kier molecular flexibility index (Phi) is 7.87. The molecule has 3 heteroatoms. The average molecular weight is 256 g/mol. The van der Waals surface area contributed by atoms with Crippen molar-refractivity contribution in [3.8, 4) is 0 Å². The lowest BCUT2D eigenvalue weighted by molar-refractivity contribution is 0.0727.